The van der Waals surface area contributed by atoms with Gasteiger partial charge in [-0.15, -0.1) is 10.2 Å². The number of aromatic hydroxyl groups is 1. The van der Waals surface area contributed by atoms with Crippen LogP contribution in [0.25, 0.3) is 11.3 Å². The number of phenols is 1. The molecule has 2 heterocycles. The number of nitrogen functional groups attached to an aromatic ring is 1. The number of hydrogen-bond donors (Lipinski definition) is 2. The lowest BCUT2D eigenvalue weighted by molar-refractivity contribution is -0.131. The first-order valence-corrected chi connectivity index (χ1v) is 11.0. The molecule has 162 valence electrons. The molecule has 0 radical (unpaired) electrons. The molecule has 1 aliphatic rings. The summed E-state index contributed by atoms with van der Waals surface area (Å²) in [6.07, 6.45) is 7.79. The summed E-state index contributed by atoms with van der Waals surface area (Å²) in [6, 6.07) is 8.91. The number of amides is 1. The smallest absolute Gasteiger partial charge is 0.222 e. The van der Waals surface area contributed by atoms with E-state index in [1.807, 2.05) is 17.0 Å². The number of benzene rings is 1. The van der Waals surface area contributed by atoms with Gasteiger partial charge >= 0.3 is 0 Å². The Morgan fingerprint density at radius 3 is 2.47 bits per heavy atom. The summed E-state index contributed by atoms with van der Waals surface area (Å²) in [6.45, 7) is 4.99. The summed E-state index contributed by atoms with van der Waals surface area (Å²) < 4.78 is 0. The molecule has 0 saturated carbocycles. The fourth-order valence-electron chi connectivity index (χ4n) is 3.88. The predicted molar refractivity (Wildman–Crippen MR) is 120 cm³/mol. The average Bonchev–Trinajstić information content (AvgIpc) is 2.77. The van der Waals surface area contributed by atoms with Gasteiger partial charge in [0, 0.05) is 38.2 Å². The highest BCUT2D eigenvalue weighted by Crippen LogP contribution is 2.31. The first-order chi connectivity index (χ1) is 14.6. The molecule has 1 aliphatic heterocycles. The maximum atomic E-state index is 12.5. The molecule has 3 rings (SSSR count). The van der Waals surface area contributed by atoms with Crippen molar-refractivity contribution in [1.82, 2.24) is 15.1 Å². The molecule has 7 heteroatoms. The van der Waals surface area contributed by atoms with Crippen LogP contribution in [-0.4, -0.2) is 52.3 Å². The Morgan fingerprint density at radius 1 is 1.03 bits per heavy atom. The van der Waals surface area contributed by atoms with Crippen molar-refractivity contribution < 1.29 is 9.90 Å². The molecule has 1 fully saturated rings. The quantitative estimate of drug-likeness (QED) is 0.609. The molecular formula is C23H33N5O2. The molecular weight excluding hydrogens is 378 g/mol. The van der Waals surface area contributed by atoms with Crippen LogP contribution in [0.4, 0.5) is 11.5 Å². The number of nitrogens with zero attached hydrogens (tertiary/aromatic N) is 4. The molecule has 1 amide bonds. The third-order valence-corrected chi connectivity index (χ3v) is 5.70. The lowest BCUT2D eigenvalue weighted by Crippen LogP contribution is -2.49. The standard InChI is InChI=1S/C23H33N5O2/c1-2-3-4-5-6-7-12-22(30)28-15-13-27(14-16-28)20-17-19(25-26-23(20)24)18-10-8-9-11-21(18)29/h8-11,17,29H,2-7,12-16H2,1H3,(H2,24,26). The van der Waals surface area contributed by atoms with Crippen molar-refractivity contribution in [2.75, 3.05) is 36.8 Å². The van der Waals surface area contributed by atoms with Gasteiger partial charge in [0.1, 0.15) is 5.75 Å². The Hall–Kier alpha value is -2.83. The maximum Gasteiger partial charge on any atom is 0.222 e. The SMILES string of the molecule is CCCCCCCCC(=O)N1CCN(c2cc(-c3ccccc3O)nnc2N)CC1. The van der Waals surface area contributed by atoms with Crippen LogP contribution in [0.15, 0.2) is 30.3 Å². The molecule has 7 nitrogen and oxygen atoms in total. The lowest BCUT2D eigenvalue weighted by Gasteiger charge is -2.36. The van der Waals surface area contributed by atoms with Gasteiger partial charge in [-0.05, 0) is 24.6 Å². The highest BCUT2D eigenvalue weighted by atomic mass is 16.3. The van der Waals surface area contributed by atoms with Crippen LogP contribution in [0, 0.1) is 0 Å². The molecule has 0 spiro atoms. The number of unbranched alkanes of at least 4 members (excludes halogenated alkanes) is 5. The van der Waals surface area contributed by atoms with Gasteiger partial charge in [-0.2, -0.15) is 0 Å². The summed E-state index contributed by atoms with van der Waals surface area (Å²) >= 11 is 0. The Labute approximate surface area is 178 Å². The zero-order chi connectivity index (χ0) is 21.3. The van der Waals surface area contributed by atoms with Gasteiger partial charge in [-0.1, -0.05) is 51.2 Å². The van der Waals surface area contributed by atoms with Crippen LogP contribution in [0.3, 0.4) is 0 Å². The van der Waals surface area contributed by atoms with Gasteiger partial charge in [0.25, 0.3) is 0 Å². The van der Waals surface area contributed by atoms with Crippen molar-refractivity contribution in [3.63, 3.8) is 0 Å². The van der Waals surface area contributed by atoms with Gasteiger partial charge in [0.15, 0.2) is 5.82 Å². The molecule has 0 unspecified atom stereocenters. The third-order valence-electron chi connectivity index (χ3n) is 5.70. The first kappa shape index (κ1) is 21.9. The molecule has 0 bridgehead atoms. The Morgan fingerprint density at radius 2 is 1.73 bits per heavy atom. The Kier molecular flexibility index (Phi) is 7.88. The zero-order valence-electron chi connectivity index (χ0n) is 17.9. The fourth-order valence-corrected chi connectivity index (χ4v) is 3.88. The van der Waals surface area contributed by atoms with Crippen LogP contribution in [-0.2, 0) is 4.79 Å². The van der Waals surface area contributed by atoms with Crippen molar-refractivity contribution in [2.45, 2.75) is 51.9 Å². The van der Waals surface area contributed by atoms with E-state index in [0.717, 1.165) is 18.5 Å². The van der Waals surface area contributed by atoms with Crippen molar-refractivity contribution >= 4 is 17.4 Å². The molecule has 2 aromatic rings. The number of phenolic OH excluding ortho intramolecular Hbond substituents is 1. The topological polar surface area (TPSA) is 95.6 Å². The van der Waals surface area contributed by atoms with E-state index in [2.05, 4.69) is 22.0 Å². The molecule has 0 aliphatic carbocycles. The van der Waals surface area contributed by atoms with E-state index in [0.29, 0.717) is 49.7 Å². The van der Waals surface area contributed by atoms with Gasteiger partial charge in [0.05, 0.1) is 11.4 Å². The molecule has 1 aromatic heterocycles. The van der Waals surface area contributed by atoms with E-state index in [9.17, 15) is 9.90 Å². The number of piperazine rings is 1. The first-order valence-electron chi connectivity index (χ1n) is 11.0. The normalized spacial score (nSPS) is 14.2. The average molecular weight is 412 g/mol. The fraction of sp³-hybridized carbons (Fsp3) is 0.522. The van der Waals surface area contributed by atoms with E-state index in [1.54, 1.807) is 18.2 Å². The van der Waals surface area contributed by atoms with Crippen molar-refractivity contribution in [3.05, 3.63) is 30.3 Å². The summed E-state index contributed by atoms with van der Waals surface area (Å²) in [5.74, 6) is 0.773. The van der Waals surface area contributed by atoms with E-state index < -0.39 is 0 Å². The van der Waals surface area contributed by atoms with Gasteiger partial charge < -0.3 is 20.6 Å². The van der Waals surface area contributed by atoms with Crippen molar-refractivity contribution in [3.8, 4) is 17.0 Å². The van der Waals surface area contributed by atoms with E-state index in [4.69, 9.17) is 5.73 Å². The summed E-state index contributed by atoms with van der Waals surface area (Å²) in [7, 11) is 0. The Balaban J connectivity index is 1.54. The summed E-state index contributed by atoms with van der Waals surface area (Å²) in [5, 5.41) is 18.3. The maximum absolute atomic E-state index is 12.5. The predicted octanol–water partition coefficient (Wildman–Crippen LogP) is 3.83. The van der Waals surface area contributed by atoms with Crippen LogP contribution < -0.4 is 10.6 Å². The van der Waals surface area contributed by atoms with E-state index >= 15 is 0 Å². The van der Waals surface area contributed by atoms with Crippen molar-refractivity contribution in [1.29, 1.82) is 0 Å². The van der Waals surface area contributed by atoms with E-state index in [1.165, 1.54) is 25.7 Å². The number of para-hydroxylation sites is 1. The lowest BCUT2D eigenvalue weighted by atomic mass is 10.1. The minimum absolute atomic E-state index is 0.160. The van der Waals surface area contributed by atoms with Crippen LogP contribution >= 0.6 is 0 Å². The molecule has 0 atom stereocenters. The van der Waals surface area contributed by atoms with Gasteiger partial charge in [-0.25, -0.2) is 0 Å². The van der Waals surface area contributed by atoms with Gasteiger partial charge in [-0.3, -0.25) is 4.79 Å². The van der Waals surface area contributed by atoms with Crippen molar-refractivity contribution in [2.24, 2.45) is 0 Å². The van der Waals surface area contributed by atoms with E-state index in [-0.39, 0.29) is 11.7 Å². The number of nitrogens with two attached hydrogens (primary N) is 1. The summed E-state index contributed by atoms with van der Waals surface area (Å²) in [5.41, 5.74) is 8.09. The van der Waals surface area contributed by atoms with Crippen LogP contribution in [0.1, 0.15) is 51.9 Å². The minimum Gasteiger partial charge on any atom is -0.507 e. The summed E-state index contributed by atoms with van der Waals surface area (Å²) in [4.78, 5) is 16.6. The second kappa shape index (κ2) is 10.8. The number of hydrogen-bond acceptors (Lipinski definition) is 6. The van der Waals surface area contributed by atoms with Crippen LogP contribution in [0.2, 0.25) is 0 Å². The second-order valence-corrected chi connectivity index (χ2v) is 7.90. The number of anilines is 2. The molecule has 3 N–H and O–H groups in total. The second-order valence-electron chi connectivity index (χ2n) is 7.90. The minimum atomic E-state index is 0.160. The monoisotopic (exact) mass is 411 g/mol. The zero-order valence-corrected chi connectivity index (χ0v) is 17.9. The third kappa shape index (κ3) is 5.62. The van der Waals surface area contributed by atoms with Gasteiger partial charge in [0.2, 0.25) is 5.91 Å². The number of aromatic nitrogens is 2. The largest absolute Gasteiger partial charge is 0.507 e. The highest BCUT2D eigenvalue weighted by Gasteiger charge is 2.23. The molecule has 1 saturated heterocycles. The van der Waals surface area contributed by atoms with Crippen LogP contribution in [0.5, 0.6) is 5.75 Å². The molecule has 30 heavy (non-hydrogen) atoms. The number of carbonyl (C=O) groups excluding carboxylic acids is 1. The number of carbonyl (C=O) groups is 1. The Bertz CT molecular complexity index is 834. The number of rotatable bonds is 9. The highest BCUT2D eigenvalue weighted by molar-refractivity contribution is 5.77. The molecule has 1 aromatic carbocycles.